The van der Waals surface area contributed by atoms with Gasteiger partial charge in [0.15, 0.2) is 0 Å². The van der Waals surface area contributed by atoms with E-state index in [1.54, 1.807) is 6.07 Å². The molecule has 0 unspecified atom stereocenters. The molecular weight excluding hydrogens is 363 g/mol. The van der Waals surface area contributed by atoms with Crippen LogP contribution in [-0.4, -0.2) is 10.7 Å². The van der Waals surface area contributed by atoms with Crippen molar-refractivity contribution < 1.29 is 9.13 Å². The first kappa shape index (κ1) is 16.3. The Balaban J connectivity index is 1.62. The van der Waals surface area contributed by atoms with E-state index in [9.17, 15) is 4.39 Å². The molecule has 3 aromatic carbocycles. The van der Waals surface area contributed by atoms with Crippen LogP contribution in [-0.2, 0) is 0 Å². The van der Waals surface area contributed by atoms with Crippen LogP contribution >= 0.6 is 11.6 Å². The van der Waals surface area contributed by atoms with E-state index in [2.05, 4.69) is 0 Å². The quantitative estimate of drug-likeness (QED) is 0.569. The molecule has 0 radical (unpaired) electrons. The molecule has 5 rings (SSSR count). The fourth-order valence-electron chi connectivity index (χ4n) is 3.74. The highest BCUT2D eigenvalue weighted by molar-refractivity contribution is 6.30. The zero-order valence-electron chi connectivity index (χ0n) is 14.3. The van der Waals surface area contributed by atoms with E-state index < -0.39 is 6.23 Å². The Morgan fingerprint density at radius 3 is 2.67 bits per heavy atom. The van der Waals surface area contributed by atoms with Crippen LogP contribution in [0, 0.1) is 5.82 Å². The Bertz CT molecular complexity index is 1040. The van der Waals surface area contributed by atoms with E-state index in [1.807, 2.05) is 59.6 Å². The average molecular weight is 379 g/mol. The van der Waals surface area contributed by atoms with Gasteiger partial charge in [-0.25, -0.2) is 9.40 Å². The molecule has 0 amide bonds. The molecule has 0 aliphatic carbocycles. The van der Waals surface area contributed by atoms with Crippen molar-refractivity contribution in [2.75, 3.05) is 0 Å². The summed E-state index contributed by atoms with van der Waals surface area (Å²) in [5.41, 5.74) is 3.80. The zero-order valence-corrected chi connectivity index (χ0v) is 15.1. The molecule has 134 valence electrons. The van der Waals surface area contributed by atoms with Gasteiger partial charge in [0, 0.05) is 22.6 Å². The third kappa shape index (κ3) is 2.86. The van der Waals surface area contributed by atoms with Gasteiger partial charge in [0.1, 0.15) is 11.6 Å². The van der Waals surface area contributed by atoms with Gasteiger partial charge in [-0.1, -0.05) is 54.1 Å². The molecule has 0 aromatic heterocycles. The first-order valence-corrected chi connectivity index (χ1v) is 9.19. The van der Waals surface area contributed by atoms with Gasteiger partial charge in [-0.15, -0.1) is 0 Å². The number of rotatable bonds is 2. The molecule has 0 fully saturated rings. The number of hydrogen-bond donors (Lipinski definition) is 0. The number of ether oxygens (including phenoxy) is 1. The van der Waals surface area contributed by atoms with Crippen molar-refractivity contribution in [1.29, 1.82) is 0 Å². The lowest BCUT2D eigenvalue weighted by Crippen LogP contribution is -2.33. The summed E-state index contributed by atoms with van der Waals surface area (Å²) in [5.74, 6) is 0.473. The monoisotopic (exact) mass is 378 g/mol. The van der Waals surface area contributed by atoms with Crippen LogP contribution in [0.25, 0.3) is 0 Å². The zero-order chi connectivity index (χ0) is 18.4. The van der Waals surface area contributed by atoms with Crippen molar-refractivity contribution in [2.45, 2.75) is 18.7 Å². The van der Waals surface area contributed by atoms with Gasteiger partial charge < -0.3 is 4.74 Å². The minimum Gasteiger partial charge on any atom is -0.464 e. The Hall–Kier alpha value is -2.85. The molecule has 3 nitrogen and oxygen atoms in total. The maximum Gasteiger partial charge on any atom is 0.213 e. The third-order valence-electron chi connectivity index (χ3n) is 4.99. The van der Waals surface area contributed by atoms with Crippen LogP contribution in [0.4, 0.5) is 4.39 Å². The minimum absolute atomic E-state index is 0.00377. The van der Waals surface area contributed by atoms with Crippen LogP contribution in [0.1, 0.15) is 35.4 Å². The van der Waals surface area contributed by atoms with Gasteiger partial charge in [-0.3, -0.25) is 0 Å². The summed E-state index contributed by atoms with van der Waals surface area (Å²) >= 11 is 6.23. The standard InChI is InChI=1S/C22H16ClFN2O/c23-16-9-10-21-18(12-16)20-13-19(14-5-2-1-3-6-14)25-26(20)22(27-21)15-7-4-8-17(24)11-15/h1-12,20,22H,13H2/t20-,22-/m0/s1. The third-order valence-corrected chi connectivity index (χ3v) is 5.23. The fraction of sp³-hybridized carbons (Fsp3) is 0.136. The first-order valence-electron chi connectivity index (χ1n) is 8.82. The molecule has 2 aliphatic heterocycles. The summed E-state index contributed by atoms with van der Waals surface area (Å²) in [6.07, 6.45) is 0.257. The largest absolute Gasteiger partial charge is 0.464 e. The number of nitrogens with zero attached hydrogens (tertiary/aromatic N) is 2. The number of benzene rings is 3. The second-order valence-electron chi connectivity index (χ2n) is 6.72. The Morgan fingerprint density at radius 1 is 1.00 bits per heavy atom. The molecule has 0 spiro atoms. The lowest BCUT2D eigenvalue weighted by atomic mass is 9.96. The van der Waals surface area contributed by atoms with Crippen LogP contribution in [0.2, 0.25) is 5.02 Å². The highest BCUT2D eigenvalue weighted by Gasteiger charge is 2.41. The van der Waals surface area contributed by atoms with Crippen LogP contribution in [0.3, 0.4) is 0 Å². The summed E-state index contributed by atoms with van der Waals surface area (Å²) in [5, 5.41) is 7.44. The van der Waals surface area contributed by atoms with Crippen molar-refractivity contribution in [2.24, 2.45) is 5.10 Å². The SMILES string of the molecule is Fc1cccc([C@@H]2Oc3ccc(Cl)cc3[C@@H]3CC(c4ccccc4)=NN32)c1. The van der Waals surface area contributed by atoms with Crippen LogP contribution < -0.4 is 4.74 Å². The molecule has 0 saturated carbocycles. The second-order valence-corrected chi connectivity index (χ2v) is 7.16. The van der Waals surface area contributed by atoms with Crippen molar-refractivity contribution >= 4 is 17.3 Å². The highest BCUT2D eigenvalue weighted by atomic mass is 35.5. The fourth-order valence-corrected chi connectivity index (χ4v) is 3.92. The topological polar surface area (TPSA) is 24.8 Å². The maximum atomic E-state index is 13.8. The van der Waals surface area contributed by atoms with E-state index >= 15 is 0 Å². The first-order chi connectivity index (χ1) is 13.2. The lowest BCUT2D eigenvalue weighted by molar-refractivity contribution is -0.0192. The van der Waals surface area contributed by atoms with Crippen molar-refractivity contribution in [3.05, 3.63) is 100 Å². The van der Waals surface area contributed by atoms with E-state index in [-0.39, 0.29) is 11.9 Å². The summed E-state index contributed by atoms with van der Waals surface area (Å²) in [7, 11) is 0. The lowest BCUT2D eigenvalue weighted by Gasteiger charge is -2.38. The molecule has 3 aromatic rings. The molecule has 27 heavy (non-hydrogen) atoms. The molecule has 0 N–H and O–H groups in total. The Labute approximate surface area is 161 Å². The van der Waals surface area contributed by atoms with Crippen molar-refractivity contribution in [3.8, 4) is 5.75 Å². The maximum absolute atomic E-state index is 13.8. The van der Waals surface area contributed by atoms with Crippen LogP contribution in [0.5, 0.6) is 5.75 Å². The molecular formula is C22H16ClFN2O. The minimum atomic E-state index is -0.486. The van der Waals surface area contributed by atoms with E-state index in [4.69, 9.17) is 21.4 Å². The average Bonchev–Trinajstić information content (AvgIpc) is 3.14. The van der Waals surface area contributed by atoms with Crippen molar-refractivity contribution in [3.63, 3.8) is 0 Å². The van der Waals surface area contributed by atoms with Gasteiger partial charge in [0.25, 0.3) is 0 Å². The summed E-state index contributed by atoms with van der Waals surface area (Å²) in [6.45, 7) is 0. The number of halogens is 2. The molecule has 2 atom stereocenters. The van der Waals surface area contributed by atoms with Crippen LogP contribution in [0.15, 0.2) is 77.9 Å². The Kier molecular flexibility index (Phi) is 3.87. The van der Waals surface area contributed by atoms with Gasteiger partial charge >= 0.3 is 0 Å². The smallest absolute Gasteiger partial charge is 0.213 e. The molecule has 2 heterocycles. The summed E-state index contributed by atoms with van der Waals surface area (Å²) in [4.78, 5) is 0. The van der Waals surface area contributed by atoms with E-state index in [0.717, 1.165) is 34.6 Å². The number of hydrazone groups is 1. The van der Waals surface area contributed by atoms with Crippen molar-refractivity contribution in [1.82, 2.24) is 5.01 Å². The normalized spacial score (nSPS) is 20.5. The van der Waals surface area contributed by atoms with Gasteiger partial charge in [0.2, 0.25) is 6.23 Å². The number of hydrogen-bond acceptors (Lipinski definition) is 3. The summed E-state index contributed by atoms with van der Waals surface area (Å²) < 4.78 is 20.0. The van der Waals surface area contributed by atoms with E-state index in [1.165, 1.54) is 12.1 Å². The predicted molar refractivity (Wildman–Crippen MR) is 103 cm³/mol. The number of fused-ring (bicyclic) bond motifs is 3. The van der Waals surface area contributed by atoms with Gasteiger partial charge in [-0.2, -0.15) is 5.10 Å². The second kappa shape index (κ2) is 6.39. The van der Waals surface area contributed by atoms with Gasteiger partial charge in [-0.05, 0) is 35.9 Å². The Morgan fingerprint density at radius 2 is 1.85 bits per heavy atom. The summed E-state index contributed by atoms with van der Waals surface area (Å²) in [6, 6.07) is 22.2. The molecule has 0 saturated heterocycles. The molecule has 2 aliphatic rings. The van der Waals surface area contributed by atoms with E-state index in [0.29, 0.717) is 5.02 Å². The highest BCUT2D eigenvalue weighted by Crippen LogP contribution is 2.48. The predicted octanol–water partition coefficient (Wildman–Crippen LogP) is 5.72. The molecule has 5 heteroatoms. The van der Waals surface area contributed by atoms with Gasteiger partial charge in [0.05, 0.1) is 11.8 Å². The molecule has 0 bridgehead atoms.